The van der Waals surface area contributed by atoms with Crippen molar-refractivity contribution in [1.29, 1.82) is 0 Å². The monoisotopic (exact) mass is 385 g/mol. The molecule has 4 unspecified atom stereocenters. The third-order valence-corrected chi connectivity index (χ3v) is 4.88. The van der Waals surface area contributed by atoms with Crippen LogP contribution in [0.25, 0.3) is 0 Å². The number of esters is 2. The number of hydrogen-bond acceptors (Lipinski definition) is 7. The van der Waals surface area contributed by atoms with Gasteiger partial charge in [-0.1, -0.05) is 0 Å². The molecule has 8 heteroatoms. The Balaban J connectivity index is 1.77. The summed E-state index contributed by atoms with van der Waals surface area (Å²) < 4.78 is 21.3. The van der Waals surface area contributed by atoms with Gasteiger partial charge in [-0.3, -0.25) is 9.59 Å². The summed E-state index contributed by atoms with van der Waals surface area (Å²) in [6.45, 7) is 7.13. The van der Waals surface area contributed by atoms with E-state index in [0.29, 0.717) is 32.7 Å². The first kappa shape index (κ1) is 21.6. The number of likely N-dealkylation sites (tertiary alicyclic amines) is 1. The Morgan fingerprint density at radius 2 is 1.93 bits per heavy atom. The fraction of sp³-hybridized carbons (Fsp3) is 0.842. The highest BCUT2D eigenvalue weighted by atomic mass is 16.6. The quantitative estimate of drug-likeness (QED) is 0.582. The van der Waals surface area contributed by atoms with Crippen LogP contribution in [0.15, 0.2) is 0 Å². The lowest BCUT2D eigenvalue weighted by molar-refractivity contribution is -0.170. The van der Waals surface area contributed by atoms with Gasteiger partial charge in [-0.15, -0.1) is 0 Å². The number of carbonyl (C=O) groups is 3. The minimum absolute atomic E-state index is 0.0208. The highest BCUT2D eigenvalue weighted by Gasteiger charge is 2.33. The van der Waals surface area contributed by atoms with Crippen molar-refractivity contribution in [3.8, 4) is 0 Å². The molecule has 4 atom stereocenters. The van der Waals surface area contributed by atoms with Gasteiger partial charge in [-0.2, -0.15) is 0 Å². The van der Waals surface area contributed by atoms with Crippen LogP contribution in [-0.4, -0.2) is 74.0 Å². The molecule has 0 radical (unpaired) electrons. The maximum atomic E-state index is 12.6. The smallest absolute Gasteiger partial charge is 0.335 e. The Bertz CT molecular complexity index is 518. The van der Waals surface area contributed by atoms with Crippen LogP contribution >= 0.6 is 0 Å². The van der Waals surface area contributed by atoms with E-state index in [2.05, 4.69) is 0 Å². The largest absolute Gasteiger partial charge is 0.466 e. The number of piperidine rings is 1. The molecule has 0 bridgehead atoms. The van der Waals surface area contributed by atoms with Gasteiger partial charge < -0.3 is 23.8 Å². The van der Waals surface area contributed by atoms with Gasteiger partial charge in [0.2, 0.25) is 0 Å². The van der Waals surface area contributed by atoms with Crippen molar-refractivity contribution >= 4 is 17.8 Å². The first-order chi connectivity index (χ1) is 12.9. The minimum Gasteiger partial charge on any atom is -0.466 e. The summed E-state index contributed by atoms with van der Waals surface area (Å²) in [5, 5.41) is 0. The van der Waals surface area contributed by atoms with Crippen molar-refractivity contribution < 1.29 is 33.3 Å². The van der Waals surface area contributed by atoms with Crippen LogP contribution in [0.5, 0.6) is 0 Å². The van der Waals surface area contributed by atoms with Gasteiger partial charge in [0, 0.05) is 19.7 Å². The van der Waals surface area contributed by atoms with Gasteiger partial charge in [-0.05, 0) is 46.5 Å². The summed E-state index contributed by atoms with van der Waals surface area (Å²) in [5.41, 5.74) is 0. The molecule has 0 aromatic heterocycles. The molecule has 2 saturated heterocycles. The molecule has 8 nitrogen and oxygen atoms in total. The molecule has 0 N–H and O–H groups in total. The number of carbonyl (C=O) groups excluding carboxylic acids is 3. The van der Waals surface area contributed by atoms with Crippen LogP contribution in [0.2, 0.25) is 0 Å². The molecule has 0 aromatic rings. The molecule has 2 fully saturated rings. The van der Waals surface area contributed by atoms with Crippen LogP contribution in [0, 0.1) is 5.92 Å². The first-order valence-electron chi connectivity index (χ1n) is 9.81. The van der Waals surface area contributed by atoms with E-state index in [9.17, 15) is 14.4 Å². The maximum Gasteiger partial charge on any atom is 0.335 e. The molecule has 2 aliphatic rings. The Morgan fingerprint density at radius 3 is 2.59 bits per heavy atom. The zero-order valence-electron chi connectivity index (χ0n) is 16.5. The second kappa shape index (κ2) is 10.6. The maximum absolute atomic E-state index is 12.6. The lowest BCUT2D eigenvalue weighted by Crippen LogP contribution is -2.47. The number of ether oxygens (including phenoxy) is 4. The topological polar surface area (TPSA) is 91.4 Å². The van der Waals surface area contributed by atoms with Gasteiger partial charge in [0.25, 0.3) is 5.91 Å². The van der Waals surface area contributed by atoms with Crippen molar-refractivity contribution in [3.63, 3.8) is 0 Å². The number of hydrogen-bond donors (Lipinski definition) is 0. The van der Waals surface area contributed by atoms with Crippen LogP contribution in [0.1, 0.15) is 46.5 Å². The summed E-state index contributed by atoms with van der Waals surface area (Å²) in [6.07, 6.45) is 1.67. The van der Waals surface area contributed by atoms with E-state index in [1.54, 1.807) is 25.7 Å². The Labute approximate surface area is 160 Å². The molecular formula is C19H31NO7. The predicted octanol–water partition coefficient (Wildman–Crippen LogP) is 1.30. The number of amides is 1. The van der Waals surface area contributed by atoms with E-state index in [4.69, 9.17) is 18.9 Å². The van der Waals surface area contributed by atoms with Gasteiger partial charge in [0.1, 0.15) is 0 Å². The summed E-state index contributed by atoms with van der Waals surface area (Å²) in [7, 11) is 0. The molecule has 0 aromatic carbocycles. The molecule has 2 rings (SSSR count). The molecule has 0 spiro atoms. The van der Waals surface area contributed by atoms with Gasteiger partial charge >= 0.3 is 11.9 Å². The minimum atomic E-state index is -0.924. The van der Waals surface area contributed by atoms with Crippen LogP contribution in [0.4, 0.5) is 0 Å². The average molecular weight is 385 g/mol. The normalized spacial score (nSPS) is 24.9. The third kappa shape index (κ3) is 6.46. The Kier molecular flexibility index (Phi) is 8.50. The molecule has 2 heterocycles. The summed E-state index contributed by atoms with van der Waals surface area (Å²) in [6, 6.07) is 0. The second-order valence-corrected chi connectivity index (χ2v) is 7.07. The van der Waals surface area contributed by atoms with Crippen LogP contribution in [-0.2, 0) is 33.3 Å². The number of nitrogens with zero attached hydrogens (tertiary/aromatic N) is 1. The SMILES string of the molecule is CCOC(=O)C1CCCN(C(=O)C(C)OC(=O)C(C)OCC2CCCO2)C1. The first-order valence-corrected chi connectivity index (χ1v) is 9.81. The van der Waals surface area contributed by atoms with Crippen LogP contribution < -0.4 is 0 Å². The van der Waals surface area contributed by atoms with E-state index < -0.39 is 18.2 Å². The predicted molar refractivity (Wildman–Crippen MR) is 95.9 cm³/mol. The van der Waals surface area contributed by atoms with Crippen molar-refractivity contribution in [3.05, 3.63) is 0 Å². The fourth-order valence-electron chi connectivity index (χ4n) is 3.30. The Hall–Kier alpha value is -1.67. The van der Waals surface area contributed by atoms with E-state index in [1.807, 2.05) is 0 Å². The molecule has 0 saturated carbocycles. The molecule has 0 aliphatic carbocycles. The lowest BCUT2D eigenvalue weighted by atomic mass is 9.98. The van der Waals surface area contributed by atoms with E-state index in [0.717, 1.165) is 25.9 Å². The zero-order valence-corrected chi connectivity index (χ0v) is 16.5. The fourth-order valence-corrected chi connectivity index (χ4v) is 3.30. The third-order valence-electron chi connectivity index (χ3n) is 4.88. The summed E-state index contributed by atoms with van der Waals surface area (Å²) >= 11 is 0. The van der Waals surface area contributed by atoms with E-state index in [-0.39, 0.29) is 23.9 Å². The summed E-state index contributed by atoms with van der Waals surface area (Å²) in [5.74, 6) is -1.48. The number of rotatable bonds is 8. The van der Waals surface area contributed by atoms with Gasteiger partial charge in [0.05, 0.1) is 25.2 Å². The van der Waals surface area contributed by atoms with Crippen molar-refractivity contribution in [2.24, 2.45) is 5.92 Å². The van der Waals surface area contributed by atoms with Crippen molar-refractivity contribution in [2.45, 2.75) is 64.8 Å². The molecule has 27 heavy (non-hydrogen) atoms. The summed E-state index contributed by atoms with van der Waals surface area (Å²) in [4.78, 5) is 38.2. The average Bonchev–Trinajstić information content (AvgIpc) is 3.19. The lowest BCUT2D eigenvalue weighted by Gasteiger charge is -2.33. The molecule has 1 amide bonds. The standard InChI is InChI=1S/C19H31NO7/c1-4-24-19(23)15-7-5-9-20(11-15)17(21)13(2)27-18(22)14(3)26-12-16-8-6-10-25-16/h13-16H,4-12H2,1-3H3. The van der Waals surface area contributed by atoms with E-state index >= 15 is 0 Å². The zero-order chi connectivity index (χ0) is 19.8. The molecule has 2 aliphatic heterocycles. The van der Waals surface area contributed by atoms with E-state index in [1.165, 1.54) is 0 Å². The molecule has 154 valence electrons. The van der Waals surface area contributed by atoms with Gasteiger partial charge in [0.15, 0.2) is 12.2 Å². The highest BCUT2D eigenvalue weighted by Crippen LogP contribution is 2.19. The Morgan fingerprint density at radius 1 is 1.15 bits per heavy atom. The van der Waals surface area contributed by atoms with Gasteiger partial charge in [-0.25, -0.2) is 4.79 Å². The molecular weight excluding hydrogens is 354 g/mol. The van der Waals surface area contributed by atoms with Crippen molar-refractivity contribution in [2.75, 3.05) is 32.9 Å². The van der Waals surface area contributed by atoms with Crippen molar-refractivity contribution in [1.82, 2.24) is 4.90 Å². The second-order valence-electron chi connectivity index (χ2n) is 7.07. The van der Waals surface area contributed by atoms with Crippen LogP contribution in [0.3, 0.4) is 0 Å². The highest BCUT2D eigenvalue weighted by molar-refractivity contribution is 5.85.